The Morgan fingerprint density at radius 1 is 1.32 bits per heavy atom. The molecule has 7 nitrogen and oxygen atoms in total. The number of methoxy groups -OCH3 is 1. The normalized spacial score (nSPS) is 11.9. The highest BCUT2D eigenvalue weighted by Crippen LogP contribution is 2.27. The van der Waals surface area contributed by atoms with E-state index in [-0.39, 0.29) is 22.6 Å². The van der Waals surface area contributed by atoms with Gasteiger partial charge in [-0.25, -0.2) is 5.43 Å². The maximum atomic E-state index is 12.0. The van der Waals surface area contributed by atoms with E-state index >= 15 is 0 Å². The van der Waals surface area contributed by atoms with Gasteiger partial charge in [-0.1, -0.05) is 18.2 Å². The minimum atomic E-state index is -0.534. The first-order valence-corrected chi connectivity index (χ1v) is 8.26. The summed E-state index contributed by atoms with van der Waals surface area (Å²) in [6, 6.07) is 14.0. The second kappa shape index (κ2) is 8.84. The van der Waals surface area contributed by atoms with E-state index in [0.717, 1.165) is 4.90 Å². The van der Waals surface area contributed by atoms with Gasteiger partial charge in [-0.3, -0.25) is 14.9 Å². The molecule has 0 aromatic heterocycles. The number of hydrogen-bond acceptors (Lipinski definition) is 6. The lowest BCUT2D eigenvalue weighted by Gasteiger charge is -2.09. The van der Waals surface area contributed by atoms with Crippen LogP contribution in [0.3, 0.4) is 0 Å². The molecule has 0 radical (unpaired) electrons. The molecule has 2 aromatic rings. The fourth-order valence-corrected chi connectivity index (χ4v) is 2.83. The van der Waals surface area contributed by atoms with Gasteiger partial charge in [0.1, 0.15) is 0 Å². The lowest BCUT2D eigenvalue weighted by molar-refractivity contribution is -0.385. The zero-order valence-electron chi connectivity index (χ0n) is 13.7. The molecule has 0 fully saturated rings. The van der Waals surface area contributed by atoms with Gasteiger partial charge < -0.3 is 4.74 Å². The van der Waals surface area contributed by atoms with Gasteiger partial charge in [0.05, 0.1) is 23.5 Å². The quantitative estimate of drug-likeness (QED) is 0.354. The number of carbonyl (C=O) groups excluding carboxylic acids is 1. The van der Waals surface area contributed by atoms with Crippen molar-refractivity contribution >= 4 is 29.6 Å². The molecular weight excluding hydrogens is 342 g/mol. The number of amides is 1. The van der Waals surface area contributed by atoms with E-state index in [9.17, 15) is 14.9 Å². The lowest BCUT2D eigenvalue weighted by atomic mass is 10.2. The zero-order valence-corrected chi connectivity index (χ0v) is 14.5. The van der Waals surface area contributed by atoms with Crippen molar-refractivity contribution in [3.63, 3.8) is 0 Å². The highest BCUT2D eigenvalue weighted by atomic mass is 32.2. The fraction of sp³-hybridized carbons (Fsp3) is 0.176. The minimum Gasteiger partial charge on any atom is -0.490 e. The lowest BCUT2D eigenvalue weighted by Crippen LogP contribution is -2.26. The summed E-state index contributed by atoms with van der Waals surface area (Å²) in [5.74, 6) is -0.0906. The number of nitro benzene ring substituents is 1. The molecular formula is C17H17N3O4S. The van der Waals surface area contributed by atoms with Crippen LogP contribution in [0.5, 0.6) is 5.75 Å². The fourth-order valence-electron chi connectivity index (χ4n) is 1.95. The molecule has 1 N–H and O–H groups in total. The Morgan fingerprint density at radius 2 is 2.04 bits per heavy atom. The first-order valence-electron chi connectivity index (χ1n) is 7.38. The van der Waals surface area contributed by atoms with Crippen molar-refractivity contribution in [2.45, 2.75) is 17.1 Å². The molecule has 130 valence electrons. The van der Waals surface area contributed by atoms with Crippen LogP contribution >= 0.6 is 11.8 Å². The zero-order chi connectivity index (χ0) is 18.2. The van der Waals surface area contributed by atoms with Crippen molar-refractivity contribution in [1.29, 1.82) is 0 Å². The molecule has 8 heteroatoms. The molecule has 0 bridgehead atoms. The molecule has 0 saturated carbocycles. The van der Waals surface area contributed by atoms with Crippen LogP contribution in [-0.2, 0) is 4.79 Å². The van der Waals surface area contributed by atoms with Gasteiger partial charge >= 0.3 is 5.69 Å². The Morgan fingerprint density at radius 3 is 2.68 bits per heavy atom. The summed E-state index contributed by atoms with van der Waals surface area (Å²) in [6.07, 6.45) is 1.35. The molecule has 2 aromatic carbocycles. The van der Waals surface area contributed by atoms with Crippen LogP contribution in [0.2, 0.25) is 0 Å². The van der Waals surface area contributed by atoms with Crippen molar-refractivity contribution in [3.05, 3.63) is 64.2 Å². The average molecular weight is 359 g/mol. The second-order valence-corrected chi connectivity index (χ2v) is 6.41. The maximum absolute atomic E-state index is 12.0. The van der Waals surface area contributed by atoms with Gasteiger partial charge in [0, 0.05) is 16.5 Å². The van der Waals surface area contributed by atoms with Gasteiger partial charge in [-0.15, -0.1) is 11.8 Å². The molecule has 0 unspecified atom stereocenters. The second-order valence-electron chi connectivity index (χ2n) is 5.00. The van der Waals surface area contributed by atoms with Crippen molar-refractivity contribution in [2.24, 2.45) is 5.10 Å². The number of hydrazone groups is 1. The number of rotatable bonds is 7. The van der Waals surface area contributed by atoms with Crippen LogP contribution in [0, 0.1) is 10.1 Å². The summed E-state index contributed by atoms with van der Waals surface area (Å²) in [7, 11) is 1.36. The van der Waals surface area contributed by atoms with Crippen LogP contribution in [0.1, 0.15) is 12.5 Å². The van der Waals surface area contributed by atoms with Crippen molar-refractivity contribution < 1.29 is 14.5 Å². The summed E-state index contributed by atoms with van der Waals surface area (Å²) in [4.78, 5) is 23.5. The molecule has 25 heavy (non-hydrogen) atoms. The van der Waals surface area contributed by atoms with Crippen molar-refractivity contribution in [1.82, 2.24) is 5.43 Å². The topological polar surface area (TPSA) is 93.8 Å². The maximum Gasteiger partial charge on any atom is 0.311 e. The van der Waals surface area contributed by atoms with Gasteiger partial charge in [0.2, 0.25) is 0 Å². The number of carbonyl (C=O) groups is 1. The van der Waals surface area contributed by atoms with Gasteiger partial charge in [-0.2, -0.15) is 5.10 Å². The Hall–Kier alpha value is -2.87. The number of hydrogen-bond donors (Lipinski definition) is 1. The third kappa shape index (κ3) is 5.32. The van der Waals surface area contributed by atoms with Crippen LogP contribution in [0.4, 0.5) is 5.69 Å². The Bertz CT molecular complexity index is 781. The predicted octanol–water partition coefficient (Wildman–Crippen LogP) is 3.23. The molecule has 1 amide bonds. The van der Waals surface area contributed by atoms with E-state index in [4.69, 9.17) is 4.74 Å². The number of thioether (sulfide) groups is 1. The minimum absolute atomic E-state index is 0.161. The predicted molar refractivity (Wildman–Crippen MR) is 97.1 cm³/mol. The van der Waals surface area contributed by atoms with Crippen LogP contribution < -0.4 is 10.2 Å². The summed E-state index contributed by atoms with van der Waals surface area (Å²) in [5.41, 5.74) is 2.76. The molecule has 0 heterocycles. The third-order valence-corrected chi connectivity index (χ3v) is 4.33. The number of benzene rings is 2. The molecule has 1 atom stereocenters. The van der Waals surface area contributed by atoms with Crippen molar-refractivity contribution in [2.75, 3.05) is 7.11 Å². The van der Waals surface area contributed by atoms with E-state index in [1.54, 1.807) is 13.0 Å². The Balaban J connectivity index is 1.97. The summed E-state index contributed by atoms with van der Waals surface area (Å²) < 4.78 is 4.93. The molecule has 0 aliphatic carbocycles. The van der Waals surface area contributed by atoms with E-state index in [1.807, 2.05) is 30.3 Å². The SMILES string of the molecule is COc1ccc(/C=N\NC(=O)[C@H](C)Sc2ccccc2)cc1[N+](=O)[O-]. The van der Waals surface area contributed by atoms with Gasteiger partial charge in [0.15, 0.2) is 5.75 Å². The molecule has 2 rings (SSSR count). The highest BCUT2D eigenvalue weighted by Gasteiger charge is 2.15. The van der Waals surface area contributed by atoms with Crippen LogP contribution in [0.25, 0.3) is 0 Å². The summed E-state index contributed by atoms with van der Waals surface area (Å²) in [6.45, 7) is 1.78. The van der Waals surface area contributed by atoms with Gasteiger partial charge in [-0.05, 0) is 31.2 Å². The van der Waals surface area contributed by atoms with Crippen molar-refractivity contribution in [3.8, 4) is 5.75 Å². The number of ether oxygens (including phenoxy) is 1. The molecule has 0 aliphatic heterocycles. The largest absolute Gasteiger partial charge is 0.490 e. The molecule has 0 aliphatic rings. The Kier molecular flexibility index (Phi) is 6.53. The van der Waals surface area contributed by atoms with Gasteiger partial charge in [0.25, 0.3) is 5.91 Å². The highest BCUT2D eigenvalue weighted by molar-refractivity contribution is 8.00. The monoisotopic (exact) mass is 359 g/mol. The number of nitrogens with one attached hydrogen (secondary N) is 1. The van der Waals surface area contributed by atoms with E-state index in [0.29, 0.717) is 5.56 Å². The van der Waals surface area contributed by atoms with E-state index in [2.05, 4.69) is 10.5 Å². The first kappa shape index (κ1) is 18.5. The smallest absolute Gasteiger partial charge is 0.311 e. The standard InChI is InChI=1S/C17H17N3O4S/c1-12(25-14-6-4-3-5-7-14)17(21)19-18-11-13-8-9-16(24-2)15(10-13)20(22)23/h3-12H,1-2H3,(H,19,21)/b18-11-/t12-/m0/s1. The first-order chi connectivity index (χ1) is 12.0. The molecule has 0 saturated heterocycles. The Labute approximate surface area is 149 Å². The van der Waals surface area contributed by atoms with E-state index in [1.165, 1.54) is 37.2 Å². The van der Waals surface area contributed by atoms with Crippen LogP contribution in [-0.4, -0.2) is 29.4 Å². The average Bonchev–Trinajstić information content (AvgIpc) is 2.62. The summed E-state index contributed by atoms with van der Waals surface area (Å²) in [5, 5.41) is 14.5. The summed E-state index contributed by atoms with van der Waals surface area (Å²) >= 11 is 1.42. The molecule has 0 spiro atoms. The number of nitrogens with zero attached hydrogens (tertiary/aromatic N) is 2. The van der Waals surface area contributed by atoms with Crippen LogP contribution in [0.15, 0.2) is 58.5 Å². The number of nitro groups is 1. The third-order valence-electron chi connectivity index (χ3n) is 3.21. The van der Waals surface area contributed by atoms with E-state index < -0.39 is 4.92 Å².